The van der Waals surface area contributed by atoms with Crippen molar-refractivity contribution in [3.8, 4) is 0 Å². The van der Waals surface area contributed by atoms with Crippen LogP contribution in [0.25, 0.3) is 0 Å². The van der Waals surface area contributed by atoms with E-state index in [-0.39, 0.29) is 12.1 Å². The van der Waals surface area contributed by atoms with Gasteiger partial charge in [-0.1, -0.05) is 61.5 Å². The van der Waals surface area contributed by atoms with E-state index in [1.165, 1.54) is 5.56 Å². The molecule has 1 N–H and O–H groups in total. The minimum absolute atomic E-state index is 0.0429. The molecular weight excluding hydrogens is 320 g/mol. The van der Waals surface area contributed by atoms with Crippen LogP contribution in [-0.4, -0.2) is 5.91 Å². The number of carbonyl (C=O) groups excluding carboxylic acids is 1. The Hall–Kier alpha value is -3.07. The molecule has 0 spiro atoms. The maximum absolute atomic E-state index is 13.2. The number of carbonyl (C=O) groups is 1. The Morgan fingerprint density at radius 1 is 0.923 bits per heavy atom. The first-order valence-electron chi connectivity index (χ1n) is 9.03. The summed E-state index contributed by atoms with van der Waals surface area (Å²) in [6, 6.07) is 24.2. The van der Waals surface area contributed by atoms with Crippen molar-refractivity contribution in [1.82, 2.24) is 0 Å². The Balaban J connectivity index is 1.83. The number of para-hydroxylation sites is 2. The largest absolute Gasteiger partial charge is 0.361 e. The summed E-state index contributed by atoms with van der Waals surface area (Å²) in [5, 5.41) is 3.63. The number of hydrogen-bond acceptors (Lipinski definition) is 2. The normalized spacial score (nSPS) is 15.8. The van der Waals surface area contributed by atoms with Crippen molar-refractivity contribution in [3.63, 3.8) is 0 Å². The summed E-state index contributed by atoms with van der Waals surface area (Å²) >= 11 is 0. The number of aryl methyl sites for hydroxylation is 2. The van der Waals surface area contributed by atoms with Gasteiger partial charge in [0.1, 0.15) is 6.17 Å². The first-order valence-corrected chi connectivity index (χ1v) is 9.03. The minimum atomic E-state index is -0.215. The van der Waals surface area contributed by atoms with Gasteiger partial charge < -0.3 is 5.32 Å². The van der Waals surface area contributed by atoms with Gasteiger partial charge in [-0.3, -0.25) is 9.69 Å². The molecule has 0 aliphatic carbocycles. The smallest absolute Gasteiger partial charge is 0.260 e. The topological polar surface area (TPSA) is 32.3 Å². The molecule has 3 aromatic carbocycles. The molecule has 0 aromatic heterocycles. The lowest BCUT2D eigenvalue weighted by Crippen LogP contribution is -2.33. The third kappa shape index (κ3) is 2.66. The lowest BCUT2D eigenvalue weighted by atomic mass is 10.1. The van der Waals surface area contributed by atoms with Crippen molar-refractivity contribution < 1.29 is 4.79 Å². The maximum Gasteiger partial charge on any atom is 0.260 e. The molecule has 1 atom stereocenters. The summed E-state index contributed by atoms with van der Waals surface area (Å²) in [4.78, 5) is 15.1. The number of hydrogen-bond donors (Lipinski definition) is 1. The molecule has 0 unspecified atom stereocenters. The van der Waals surface area contributed by atoms with Gasteiger partial charge in [-0.25, -0.2) is 0 Å². The van der Waals surface area contributed by atoms with Gasteiger partial charge in [0.05, 0.1) is 0 Å². The van der Waals surface area contributed by atoms with Crippen LogP contribution in [0.2, 0.25) is 0 Å². The Morgan fingerprint density at radius 2 is 1.62 bits per heavy atom. The minimum Gasteiger partial charge on any atom is -0.361 e. The average Bonchev–Trinajstić information content (AvgIpc) is 2.95. The second kappa shape index (κ2) is 6.68. The van der Waals surface area contributed by atoms with Gasteiger partial charge in [0.15, 0.2) is 0 Å². The van der Waals surface area contributed by atoms with Crippen LogP contribution in [0.1, 0.15) is 40.1 Å². The highest BCUT2D eigenvalue weighted by Crippen LogP contribution is 2.39. The fourth-order valence-electron chi connectivity index (χ4n) is 3.66. The molecule has 1 aliphatic rings. The van der Waals surface area contributed by atoms with E-state index in [0.717, 1.165) is 34.5 Å². The van der Waals surface area contributed by atoms with Gasteiger partial charge in [-0.05, 0) is 42.7 Å². The van der Waals surface area contributed by atoms with E-state index >= 15 is 0 Å². The summed E-state index contributed by atoms with van der Waals surface area (Å²) in [7, 11) is 0. The number of fused-ring (bicyclic) bond motifs is 1. The fraction of sp³-hybridized carbons (Fsp3) is 0.174. The van der Waals surface area contributed by atoms with Gasteiger partial charge in [0, 0.05) is 22.5 Å². The highest BCUT2D eigenvalue weighted by atomic mass is 16.2. The van der Waals surface area contributed by atoms with Crippen molar-refractivity contribution in [2.45, 2.75) is 26.4 Å². The van der Waals surface area contributed by atoms with Gasteiger partial charge in [0.25, 0.3) is 5.91 Å². The zero-order chi connectivity index (χ0) is 18.1. The van der Waals surface area contributed by atoms with Crippen molar-refractivity contribution in [2.24, 2.45) is 0 Å². The molecule has 1 amide bonds. The molecule has 1 heterocycles. The Bertz CT molecular complexity index is 964. The van der Waals surface area contributed by atoms with Crippen molar-refractivity contribution in [3.05, 3.63) is 95.1 Å². The number of nitrogens with one attached hydrogen (secondary N) is 1. The zero-order valence-electron chi connectivity index (χ0n) is 15.1. The predicted octanol–water partition coefficient (Wildman–Crippen LogP) is 5.33. The van der Waals surface area contributed by atoms with Gasteiger partial charge in [0.2, 0.25) is 0 Å². The molecule has 4 rings (SSSR count). The summed E-state index contributed by atoms with van der Waals surface area (Å²) in [5.74, 6) is 0.0429. The summed E-state index contributed by atoms with van der Waals surface area (Å²) < 4.78 is 0. The van der Waals surface area contributed by atoms with Crippen LogP contribution in [0.5, 0.6) is 0 Å². The van der Waals surface area contributed by atoms with E-state index < -0.39 is 0 Å². The molecule has 1 aliphatic heterocycles. The van der Waals surface area contributed by atoms with Crippen LogP contribution in [0.15, 0.2) is 72.8 Å². The molecule has 0 saturated carbocycles. The van der Waals surface area contributed by atoms with E-state index in [2.05, 4.69) is 30.4 Å². The van der Waals surface area contributed by atoms with E-state index in [9.17, 15) is 4.79 Å². The van der Waals surface area contributed by atoms with E-state index in [1.807, 2.05) is 66.4 Å². The van der Waals surface area contributed by atoms with Crippen molar-refractivity contribution in [1.29, 1.82) is 0 Å². The lowest BCUT2D eigenvalue weighted by Gasteiger charge is -2.29. The molecular formula is C23H22N2O. The van der Waals surface area contributed by atoms with Gasteiger partial charge in [-0.15, -0.1) is 0 Å². The Morgan fingerprint density at radius 3 is 2.42 bits per heavy atom. The number of benzene rings is 3. The van der Waals surface area contributed by atoms with Crippen LogP contribution in [0.4, 0.5) is 11.4 Å². The summed E-state index contributed by atoms with van der Waals surface area (Å²) in [6.07, 6.45) is 0.725. The maximum atomic E-state index is 13.2. The van der Waals surface area contributed by atoms with Crippen LogP contribution in [0.3, 0.4) is 0 Å². The Kier molecular flexibility index (Phi) is 4.21. The van der Waals surface area contributed by atoms with Gasteiger partial charge >= 0.3 is 0 Å². The third-order valence-corrected chi connectivity index (χ3v) is 5.03. The summed E-state index contributed by atoms with van der Waals surface area (Å²) in [5.41, 5.74) is 6.13. The molecule has 3 aromatic rings. The third-order valence-electron chi connectivity index (χ3n) is 5.03. The fourth-order valence-corrected chi connectivity index (χ4v) is 3.66. The lowest BCUT2D eigenvalue weighted by molar-refractivity contribution is 0.0993. The second-order valence-corrected chi connectivity index (χ2v) is 6.61. The SMILES string of the molecule is CCc1ccccc1N[C@@H]1c2ccccc2C(=O)N1c1ccccc1C. The van der Waals surface area contributed by atoms with Crippen molar-refractivity contribution in [2.75, 3.05) is 10.2 Å². The molecule has 3 nitrogen and oxygen atoms in total. The second-order valence-electron chi connectivity index (χ2n) is 6.61. The van der Waals surface area contributed by atoms with Crippen LogP contribution >= 0.6 is 0 Å². The number of rotatable bonds is 4. The zero-order valence-corrected chi connectivity index (χ0v) is 15.1. The molecule has 0 radical (unpaired) electrons. The monoisotopic (exact) mass is 342 g/mol. The summed E-state index contributed by atoms with van der Waals surface area (Å²) in [6.45, 7) is 4.19. The molecule has 0 saturated heterocycles. The molecule has 0 fully saturated rings. The highest BCUT2D eigenvalue weighted by molar-refractivity contribution is 6.11. The highest BCUT2D eigenvalue weighted by Gasteiger charge is 2.38. The first-order chi connectivity index (χ1) is 12.7. The standard InChI is InChI=1S/C23H22N2O/c1-3-17-11-5-8-14-20(17)24-22-18-12-6-7-13-19(18)23(26)25(22)21-15-9-4-10-16(21)2/h4-15,22,24H,3H2,1-2H3/t22-/m0/s1. The number of amides is 1. The quantitative estimate of drug-likeness (QED) is 0.695. The van der Waals surface area contributed by atoms with Crippen LogP contribution in [-0.2, 0) is 6.42 Å². The average molecular weight is 342 g/mol. The molecule has 130 valence electrons. The van der Waals surface area contributed by atoms with Crippen LogP contribution in [0, 0.1) is 6.92 Å². The Labute approximate surface area is 154 Å². The van der Waals surface area contributed by atoms with Crippen molar-refractivity contribution >= 4 is 17.3 Å². The van der Waals surface area contributed by atoms with E-state index in [4.69, 9.17) is 0 Å². The predicted molar refractivity (Wildman–Crippen MR) is 107 cm³/mol. The molecule has 3 heteroatoms. The number of anilines is 2. The molecule has 0 bridgehead atoms. The molecule has 26 heavy (non-hydrogen) atoms. The first kappa shape index (κ1) is 16.4. The van der Waals surface area contributed by atoms with E-state index in [0.29, 0.717) is 0 Å². The van der Waals surface area contributed by atoms with E-state index in [1.54, 1.807) is 0 Å². The van der Waals surface area contributed by atoms with Gasteiger partial charge in [-0.2, -0.15) is 0 Å². The van der Waals surface area contributed by atoms with Crippen LogP contribution < -0.4 is 10.2 Å². The number of nitrogens with zero attached hydrogens (tertiary/aromatic N) is 1.